The molecule has 34 heavy (non-hydrogen) atoms. The Kier molecular flexibility index (Phi) is 7.20. The normalized spacial score (nSPS) is 19.9. The second kappa shape index (κ2) is 10.3. The Morgan fingerprint density at radius 3 is 2.21 bits per heavy atom. The molecule has 0 saturated heterocycles. The molecule has 7 heteroatoms. The van der Waals surface area contributed by atoms with Crippen LogP contribution in [0.4, 0.5) is 4.79 Å². The number of carbonyl (C=O) groups is 3. The van der Waals surface area contributed by atoms with Crippen LogP contribution in [0.25, 0.3) is 11.1 Å². The maximum absolute atomic E-state index is 12.7. The second-order valence-corrected chi connectivity index (χ2v) is 9.57. The van der Waals surface area contributed by atoms with E-state index in [9.17, 15) is 19.5 Å². The van der Waals surface area contributed by atoms with Crippen LogP contribution in [-0.4, -0.2) is 42.3 Å². The van der Waals surface area contributed by atoms with E-state index in [1.807, 2.05) is 24.3 Å². The number of aliphatic carboxylic acids is 1. The fraction of sp³-hybridized carbons (Fsp3) is 0.444. The Balaban J connectivity index is 1.31. The van der Waals surface area contributed by atoms with Gasteiger partial charge in [0.25, 0.3) is 0 Å². The highest BCUT2D eigenvalue weighted by molar-refractivity contribution is 5.85. The Bertz CT molecular complexity index is 1020. The summed E-state index contributed by atoms with van der Waals surface area (Å²) in [7, 11) is 0. The average molecular weight is 465 g/mol. The van der Waals surface area contributed by atoms with Crippen LogP contribution in [0, 0.1) is 17.8 Å². The number of carbonyl (C=O) groups excluding carboxylic acids is 2. The predicted octanol–water partition coefficient (Wildman–Crippen LogP) is 4.17. The molecule has 2 aliphatic carbocycles. The van der Waals surface area contributed by atoms with E-state index >= 15 is 0 Å². The van der Waals surface area contributed by atoms with Gasteiger partial charge in [0.05, 0.1) is 0 Å². The Morgan fingerprint density at radius 1 is 1.00 bits per heavy atom. The van der Waals surface area contributed by atoms with Crippen LogP contribution in [-0.2, 0) is 14.3 Å². The third-order valence-electron chi connectivity index (χ3n) is 7.08. The molecule has 0 radical (unpaired) electrons. The monoisotopic (exact) mass is 464 g/mol. The van der Waals surface area contributed by atoms with Crippen molar-refractivity contribution in [3.8, 4) is 11.1 Å². The van der Waals surface area contributed by atoms with E-state index < -0.39 is 18.1 Å². The van der Waals surface area contributed by atoms with Crippen molar-refractivity contribution in [3.05, 3.63) is 59.7 Å². The number of ether oxygens (including phenoxy) is 1. The molecule has 3 N–H and O–H groups in total. The van der Waals surface area contributed by atoms with Gasteiger partial charge in [0.1, 0.15) is 12.6 Å². The molecule has 0 heterocycles. The average Bonchev–Trinajstić information content (AvgIpc) is 3.42. The fourth-order valence-electron chi connectivity index (χ4n) is 5.26. The Hall–Kier alpha value is -3.35. The highest BCUT2D eigenvalue weighted by atomic mass is 16.5. The first-order chi connectivity index (χ1) is 16.4. The molecule has 2 aromatic rings. The summed E-state index contributed by atoms with van der Waals surface area (Å²) < 4.78 is 5.59. The molecule has 2 unspecified atom stereocenters. The maximum atomic E-state index is 12.7. The Morgan fingerprint density at radius 2 is 1.62 bits per heavy atom. The molecule has 3 atom stereocenters. The molecule has 0 aliphatic heterocycles. The zero-order chi connectivity index (χ0) is 24.2. The number of amides is 2. The first-order valence-corrected chi connectivity index (χ1v) is 12.0. The minimum absolute atomic E-state index is 0.00728. The number of benzene rings is 2. The van der Waals surface area contributed by atoms with Crippen LogP contribution >= 0.6 is 0 Å². The lowest BCUT2D eigenvalue weighted by molar-refractivity contribution is -0.144. The van der Waals surface area contributed by atoms with Gasteiger partial charge in [0.15, 0.2) is 0 Å². The van der Waals surface area contributed by atoms with E-state index in [1.54, 1.807) is 13.8 Å². The lowest BCUT2D eigenvalue weighted by atomic mass is 9.94. The number of hydrogen-bond donors (Lipinski definition) is 3. The van der Waals surface area contributed by atoms with Gasteiger partial charge in [-0.25, -0.2) is 9.59 Å². The van der Waals surface area contributed by atoms with E-state index in [-0.39, 0.29) is 36.2 Å². The maximum Gasteiger partial charge on any atom is 0.407 e. The summed E-state index contributed by atoms with van der Waals surface area (Å²) in [5, 5.41) is 14.9. The minimum atomic E-state index is -1.03. The van der Waals surface area contributed by atoms with Gasteiger partial charge >= 0.3 is 12.1 Å². The van der Waals surface area contributed by atoms with Crippen molar-refractivity contribution in [2.45, 2.75) is 45.1 Å². The largest absolute Gasteiger partial charge is 0.480 e. The van der Waals surface area contributed by atoms with Gasteiger partial charge in [-0.1, -0.05) is 68.8 Å². The Labute approximate surface area is 199 Å². The molecular formula is C27H32N2O5. The van der Waals surface area contributed by atoms with Gasteiger partial charge in [0, 0.05) is 18.4 Å². The van der Waals surface area contributed by atoms with Crippen LogP contribution in [0.5, 0.6) is 0 Å². The molecule has 0 aromatic heterocycles. The molecule has 180 valence electrons. The minimum Gasteiger partial charge on any atom is -0.480 e. The SMILES string of the molecule is CC(C)[C@H](NC(=O)C1CCCC1CNC(=O)OCC1c2ccccc2-c2ccccc21)C(=O)O. The molecule has 1 fully saturated rings. The molecule has 0 spiro atoms. The molecule has 2 aromatic carbocycles. The smallest absolute Gasteiger partial charge is 0.407 e. The zero-order valence-electron chi connectivity index (χ0n) is 19.6. The van der Waals surface area contributed by atoms with Crippen molar-refractivity contribution < 1.29 is 24.2 Å². The van der Waals surface area contributed by atoms with Crippen molar-refractivity contribution in [2.24, 2.45) is 17.8 Å². The number of carboxylic acid groups (broad SMARTS) is 1. The number of alkyl carbamates (subject to hydrolysis) is 1. The molecule has 7 nitrogen and oxygen atoms in total. The highest BCUT2D eigenvalue weighted by Crippen LogP contribution is 2.44. The van der Waals surface area contributed by atoms with Crippen molar-refractivity contribution in [1.29, 1.82) is 0 Å². The molecule has 2 amide bonds. The summed E-state index contributed by atoms with van der Waals surface area (Å²) >= 11 is 0. The van der Waals surface area contributed by atoms with Gasteiger partial charge in [-0.15, -0.1) is 0 Å². The third-order valence-corrected chi connectivity index (χ3v) is 7.08. The van der Waals surface area contributed by atoms with Crippen molar-refractivity contribution >= 4 is 18.0 Å². The quantitative estimate of drug-likeness (QED) is 0.544. The lowest BCUT2D eigenvalue weighted by Gasteiger charge is -2.24. The molecular weight excluding hydrogens is 432 g/mol. The summed E-state index contributed by atoms with van der Waals surface area (Å²) in [5.41, 5.74) is 4.66. The number of rotatable bonds is 8. The standard InChI is InChI=1S/C27H32N2O5/c1-16(2)24(26(31)32)29-25(30)18-13-7-8-17(18)14-28-27(33)34-15-23-21-11-5-3-9-19(21)20-10-4-6-12-22(20)23/h3-6,9-12,16-18,23-24H,7-8,13-15H2,1-2H3,(H,28,33)(H,29,30)(H,31,32)/t17?,18?,24-/m0/s1. The number of nitrogens with one attached hydrogen (secondary N) is 2. The van der Waals surface area contributed by atoms with Crippen LogP contribution in [0.3, 0.4) is 0 Å². The van der Waals surface area contributed by atoms with Gasteiger partial charge < -0.3 is 20.5 Å². The summed E-state index contributed by atoms with van der Waals surface area (Å²) in [5.74, 6) is -1.85. The van der Waals surface area contributed by atoms with Crippen LogP contribution in [0.1, 0.15) is 50.2 Å². The fourth-order valence-corrected chi connectivity index (χ4v) is 5.26. The zero-order valence-corrected chi connectivity index (χ0v) is 19.6. The van der Waals surface area contributed by atoms with E-state index in [4.69, 9.17) is 4.74 Å². The highest BCUT2D eigenvalue weighted by Gasteiger charge is 2.36. The predicted molar refractivity (Wildman–Crippen MR) is 128 cm³/mol. The van der Waals surface area contributed by atoms with E-state index in [1.165, 1.54) is 11.1 Å². The first kappa shape index (κ1) is 23.8. The van der Waals surface area contributed by atoms with Gasteiger partial charge in [-0.05, 0) is 46.9 Å². The lowest BCUT2D eigenvalue weighted by Crippen LogP contribution is -2.48. The summed E-state index contributed by atoms with van der Waals surface area (Å²) in [4.78, 5) is 36.7. The number of hydrogen-bond acceptors (Lipinski definition) is 4. The van der Waals surface area contributed by atoms with Crippen LogP contribution < -0.4 is 10.6 Å². The summed E-state index contributed by atoms with van der Waals surface area (Å²) in [6.45, 7) is 4.10. The molecule has 1 saturated carbocycles. The first-order valence-electron chi connectivity index (χ1n) is 12.0. The summed E-state index contributed by atoms with van der Waals surface area (Å²) in [6.07, 6.45) is 1.86. The van der Waals surface area contributed by atoms with Gasteiger partial charge in [0.2, 0.25) is 5.91 Å². The topological polar surface area (TPSA) is 105 Å². The van der Waals surface area contributed by atoms with Crippen molar-refractivity contribution in [1.82, 2.24) is 10.6 Å². The molecule has 0 bridgehead atoms. The third kappa shape index (κ3) is 4.93. The van der Waals surface area contributed by atoms with Crippen LogP contribution in [0.2, 0.25) is 0 Å². The van der Waals surface area contributed by atoms with E-state index in [0.29, 0.717) is 13.0 Å². The second-order valence-electron chi connectivity index (χ2n) is 9.57. The van der Waals surface area contributed by atoms with Gasteiger partial charge in [-0.3, -0.25) is 4.79 Å². The van der Waals surface area contributed by atoms with E-state index in [0.717, 1.165) is 24.0 Å². The molecule has 2 aliphatic rings. The van der Waals surface area contributed by atoms with Gasteiger partial charge in [-0.2, -0.15) is 0 Å². The number of carboxylic acids is 1. The van der Waals surface area contributed by atoms with E-state index in [2.05, 4.69) is 34.9 Å². The van der Waals surface area contributed by atoms with Crippen molar-refractivity contribution in [2.75, 3.05) is 13.2 Å². The number of fused-ring (bicyclic) bond motifs is 3. The van der Waals surface area contributed by atoms with Crippen molar-refractivity contribution in [3.63, 3.8) is 0 Å². The van der Waals surface area contributed by atoms with Crippen LogP contribution in [0.15, 0.2) is 48.5 Å². The molecule has 4 rings (SSSR count). The summed E-state index contributed by atoms with van der Waals surface area (Å²) in [6, 6.07) is 15.4.